The van der Waals surface area contributed by atoms with Crippen molar-refractivity contribution < 1.29 is 14.4 Å². The van der Waals surface area contributed by atoms with Crippen LogP contribution in [0.4, 0.5) is 5.69 Å². The minimum Gasteiger partial charge on any atom is -0.350 e. The van der Waals surface area contributed by atoms with Crippen molar-refractivity contribution in [3.05, 3.63) is 65.2 Å². The van der Waals surface area contributed by atoms with Crippen molar-refractivity contribution in [1.29, 1.82) is 0 Å². The lowest BCUT2D eigenvalue weighted by Gasteiger charge is -2.15. The van der Waals surface area contributed by atoms with Crippen molar-refractivity contribution in [3.8, 4) is 0 Å². The first-order valence-electron chi connectivity index (χ1n) is 9.43. The zero-order chi connectivity index (χ0) is 20.5. The molecule has 0 radical (unpaired) electrons. The van der Waals surface area contributed by atoms with E-state index in [1.54, 1.807) is 25.1 Å². The molecule has 3 N–H and O–H groups in total. The van der Waals surface area contributed by atoms with Gasteiger partial charge in [0, 0.05) is 24.2 Å². The molecule has 2 aromatic carbocycles. The molecule has 0 aromatic heterocycles. The van der Waals surface area contributed by atoms with Gasteiger partial charge in [-0.05, 0) is 50.1 Å². The Bertz CT molecular complexity index is 848. The highest BCUT2D eigenvalue weighted by molar-refractivity contribution is 5.97. The largest absolute Gasteiger partial charge is 0.350 e. The van der Waals surface area contributed by atoms with E-state index in [1.165, 1.54) is 0 Å². The zero-order valence-electron chi connectivity index (χ0n) is 16.5. The second kappa shape index (κ2) is 10.3. The summed E-state index contributed by atoms with van der Waals surface area (Å²) in [6, 6.07) is 13.9. The summed E-state index contributed by atoms with van der Waals surface area (Å²) in [5.41, 5.74) is 3.07. The Labute approximate surface area is 165 Å². The number of carbonyl (C=O) groups is 3. The van der Waals surface area contributed by atoms with Crippen molar-refractivity contribution in [2.45, 2.75) is 46.2 Å². The molecule has 0 saturated heterocycles. The van der Waals surface area contributed by atoms with Gasteiger partial charge in [-0.2, -0.15) is 0 Å². The summed E-state index contributed by atoms with van der Waals surface area (Å²) in [5.74, 6) is -0.593. The molecule has 0 unspecified atom stereocenters. The average molecular weight is 381 g/mol. The SMILES string of the molecule is CCCC(=O)Nc1cccc(CNC(=O)[C@@H](C)NC(=O)c2cccc(C)c2)c1. The van der Waals surface area contributed by atoms with Gasteiger partial charge < -0.3 is 16.0 Å². The van der Waals surface area contributed by atoms with E-state index in [2.05, 4.69) is 16.0 Å². The second-order valence-electron chi connectivity index (χ2n) is 6.78. The summed E-state index contributed by atoms with van der Waals surface area (Å²) in [6.07, 6.45) is 1.26. The van der Waals surface area contributed by atoms with Crippen molar-refractivity contribution >= 4 is 23.4 Å². The van der Waals surface area contributed by atoms with Gasteiger partial charge in [0.05, 0.1) is 0 Å². The molecular weight excluding hydrogens is 354 g/mol. The number of carbonyl (C=O) groups excluding carboxylic acids is 3. The van der Waals surface area contributed by atoms with E-state index in [1.807, 2.05) is 44.2 Å². The molecule has 0 aliphatic rings. The topological polar surface area (TPSA) is 87.3 Å². The summed E-state index contributed by atoms with van der Waals surface area (Å²) in [5, 5.41) is 8.34. The maximum absolute atomic E-state index is 12.3. The number of rotatable bonds is 8. The highest BCUT2D eigenvalue weighted by atomic mass is 16.2. The molecular formula is C22H27N3O3. The zero-order valence-corrected chi connectivity index (χ0v) is 16.5. The molecule has 3 amide bonds. The van der Waals surface area contributed by atoms with Gasteiger partial charge in [-0.25, -0.2) is 0 Å². The number of amides is 3. The van der Waals surface area contributed by atoms with Gasteiger partial charge in [-0.3, -0.25) is 14.4 Å². The number of nitrogens with one attached hydrogen (secondary N) is 3. The first kappa shape index (κ1) is 21.2. The Kier molecular flexibility index (Phi) is 7.75. The quantitative estimate of drug-likeness (QED) is 0.656. The van der Waals surface area contributed by atoms with E-state index in [0.29, 0.717) is 24.2 Å². The number of hydrogen-bond acceptors (Lipinski definition) is 3. The van der Waals surface area contributed by atoms with Gasteiger partial charge in [0.25, 0.3) is 5.91 Å². The molecule has 6 nitrogen and oxygen atoms in total. The van der Waals surface area contributed by atoms with E-state index >= 15 is 0 Å². The Morgan fingerprint density at radius 3 is 2.50 bits per heavy atom. The van der Waals surface area contributed by atoms with Crippen LogP contribution in [-0.4, -0.2) is 23.8 Å². The van der Waals surface area contributed by atoms with Crippen LogP contribution in [0.2, 0.25) is 0 Å². The van der Waals surface area contributed by atoms with E-state index in [4.69, 9.17) is 0 Å². The summed E-state index contributed by atoms with van der Waals surface area (Å²) in [6.45, 7) is 5.81. The van der Waals surface area contributed by atoms with Crippen LogP contribution >= 0.6 is 0 Å². The summed E-state index contributed by atoms with van der Waals surface area (Å²) in [7, 11) is 0. The number of benzene rings is 2. The molecule has 6 heteroatoms. The molecule has 0 aliphatic carbocycles. The van der Waals surface area contributed by atoms with Crippen molar-refractivity contribution in [3.63, 3.8) is 0 Å². The number of anilines is 1. The van der Waals surface area contributed by atoms with Crippen LogP contribution in [0, 0.1) is 6.92 Å². The molecule has 1 atom stereocenters. The monoisotopic (exact) mass is 381 g/mol. The summed E-state index contributed by atoms with van der Waals surface area (Å²) in [4.78, 5) is 36.3. The molecule has 2 rings (SSSR count). The molecule has 148 valence electrons. The molecule has 0 heterocycles. The predicted molar refractivity (Wildman–Crippen MR) is 110 cm³/mol. The molecule has 0 fully saturated rings. The fourth-order valence-corrected chi connectivity index (χ4v) is 2.68. The van der Waals surface area contributed by atoms with Gasteiger partial charge in [0.15, 0.2) is 0 Å². The maximum atomic E-state index is 12.3. The third kappa shape index (κ3) is 6.54. The summed E-state index contributed by atoms with van der Waals surface area (Å²) < 4.78 is 0. The van der Waals surface area contributed by atoms with E-state index in [-0.39, 0.29) is 17.7 Å². The maximum Gasteiger partial charge on any atom is 0.251 e. The van der Waals surface area contributed by atoms with E-state index in [0.717, 1.165) is 17.5 Å². The van der Waals surface area contributed by atoms with Gasteiger partial charge in [-0.1, -0.05) is 36.8 Å². The van der Waals surface area contributed by atoms with Crippen LogP contribution in [0.25, 0.3) is 0 Å². The first-order valence-corrected chi connectivity index (χ1v) is 9.43. The van der Waals surface area contributed by atoms with Gasteiger partial charge >= 0.3 is 0 Å². The third-order valence-corrected chi connectivity index (χ3v) is 4.18. The Morgan fingerprint density at radius 2 is 1.79 bits per heavy atom. The highest BCUT2D eigenvalue weighted by Crippen LogP contribution is 2.11. The summed E-state index contributed by atoms with van der Waals surface area (Å²) >= 11 is 0. The van der Waals surface area contributed by atoms with Gasteiger partial charge in [0.1, 0.15) is 6.04 Å². The Hall–Kier alpha value is -3.15. The molecule has 0 saturated carbocycles. The standard InChI is InChI=1S/C22H27N3O3/c1-4-7-20(26)25-19-11-6-9-17(13-19)14-23-21(27)16(3)24-22(28)18-10-5-8-15(2)12-18/h5-6,8-13,16H,4,7,14H2,1-3H3,(H,23,27)(H,24,28)(H,25,26)/t16-/m1/s1. The molecule has 28 heavy (non-hydrogen) atoms. The van der Waals surface area contributed by atoms with Crippen molar-refractivity contribution in [1.82, 2.24) is 10.6 Å². The molecule has 0 bridgehead atoms. The minimum absolute atomic E-state index is 0.0313. The van der Waals surface area contributed by atoms with Gasteiger partial charge in [0.2, 0.25) is 11.8 Å². The van der Waals surface area contributed by atoms with Crippen LogP contribution in [0.15, 0.2) is 48.5 Å². The Balaban J connectivity index is 1.87. The fourth-order valence-electron chi connectivity index (χ4n) is 2.68. The van der Waals surface area contributed by atoms with Crippen LogP contribution in [-0.2, 0) is 16.1 Å². The van der Waals surface area contributed by atoms with Gasteiger partial charge in [-0.15, -0.1) is 0 Å². The predicted octanol–water partition coefficient (Wildman–Crippen LogP) is 3.17. The average Bonchev–Trinajstić information content (AvgIpc) is 2.66. The van der Waals surface area contributed by atoms with Crippen LogP contribution in [0.3, 0.4) is 0 Å². The molecule has 0 aliphatic heterocycles. The second-order valence-corrected chi connectivity index (χ2v) is 6.78. The highest BCUT2D eigenvalue weighted by Gasteiger charge is 2.16. The normalized spacial score (nSPS) is 11.4. The van der Waals surface area contributed by atoms with E-state index < -0.39 is 6.04 Å². The lowest BCUT2D eigenvalue weighted by atomic mass is 10.1. The smallest absolute Gasteiger partial charge is 0.251 e. The molecule has 0 spiro atoms. The number of hydrogen-bond donors (Lipinski definition) is 3. The lowest BCUT2D eigenvalue weighted by molar-refractivity contribution is -0.122. The van der Waals surface area contributed by atoms with Crippen LogP contribution in [0.1, 0.15) is 48.2 Å². The van der Waals surface area contributed by atoms with Crippen molar-refractivity contribution in [2.75, 3.05) is 5.32 Å². The van der Waals surface area contributed by atoms with E-state index in [9.17, 15) is 14.4 Å². The first-order chi connectivity index (χ1) is 13.4. The third-order valence-electron chi connectivity index (χ3n) is 4.18. The minimum atomic E-state index is -0.666. The lowest BCUT2D eigenvalue weighted by Crippen LogP contribution is -2.44. The fraction of sp³-hybridized carbons (Fsp3) is 0.318. The van der Waals surface area contributed by atoms with Crippen LogP contribution < -0.4 is 16.0 Å². The molecule has 2 aromatic rings. The number of aryl methyl sites for hydroxylation is 1. The Morgan fingerprint density at radius 1 is 1.04 bits per heavy atom. The van der Waals surface area contributed by atoms with Crippen molar-refractivity contribution in [2.24, 2.45) is 0 Å². The van der Waals surface area contributed by atoms with Crippen LogP contribution in [0.5, 0.6) is 0 Å².